The molecule has 1 aliphatic rings. The average molecular weight is 475 g/mol. The fourth-order valence-corrected chi connectivity index (χ4v) is 4.62. The van der Waals surface area contributed by atoms with Gasteiger partial charge in [0.2, 0.25) is 0 Å². The molecule has 0 saturated carbocycles. The maximum Gasteiger partial charge on any atom is 0.410 e. The second-order valence-electron chi connectivity index (χ2n) is 10.0. The number of amides is 1. The van der Waals surface area contributed by atoms with Crippen molar-refractivity contribution >= 4 is 34.1 Å². The Morgan fingerprint density at radius 1 is 1.14 bits per heavy atom. The summed E-state index contributed by atoms with van der Waals surface area (Å²) in [5.41, 5.74) is 3.31. The average Bonchev–Trinajstić information content (AvgIpc) is 3.17. The van der Waals surface area contributed by atoms with Crippen molar-refractivity contribution in [2.45, 2.75) is 52.1 Å². The van der Waals surface area contributed by atoms with E-state index in [9.17, 15) is 9.59 Å². The van der Waals surface area contributed by atoms with Gasteiger partial charge in [-0.15, -0.1) is 0 Å². The number of carbonyl (C=O) groups excluding carboxylic acids is 1. The Kier molecular flexibility index (Phi) is 5.70. The van der Waals surface area contributed by atoms with Gasteiger partial charge < -0.3 is 19.9 Å². The van der Waals surface area contributed by atoms with Gasteiger partial charge in [0.1, 0.15) is 17.1 Å². The van der Waals surface area contributed by atoms with E-state index in [0.29, 0.717) is 18.7 Å². The zero-order valence-electron chi connectivity index (χ0n) is 20.5. The maximum absolute atomic E-state index is 12.7. The van der Waals surface area contributed by atoms with Crippen LogP contribution in [-0.4, -0.2) is 49.3 Å². The van der Waals surface area contributed by atoms with E-state index >= 15 is 0 Å². The lowest BCUT2D eigenvalue weighted by Crippen LogP contribution is -2.41. The number of benzene rings is 1. The van der Waals surface area contributed by atoms with Crippen LogP contribution in [-0.2, 0) is 4.74 Å². The molecule has 1 fully saturated rings. The molecule has 4 aromatic rings. The highest BCUT2D eigenvalue weighted by Crippen LogP contribution is 2.32. The van der Waals surface area contributed by atoms with Crippen LogP contribution in [0.15, 0.2) is 47.3 Å². The Balaban J connectivity index is 1.48. The van der Waals surface area contributed by atoms with Crippen molar-refractivity contribution in [2.75, 3.05) is 18.4 Å². The Labute approximate surface area is 203 Å². The van der Waals surface area contributed by atoms with E-state index in [-0.39, 0.29) is 17.6 Å². The van der Waals surface area contributed by atoms with E-state index in [1.165, 1.54) is 0 Å². The number of piperidine rings is 1. The van der Waals surface area contributed by atoms with Crippen molar-refractivity contribution in [3.63, 3.8) is 0 Å². The summed E-state index contributed by atoms with van der Waals surface area (Å²) in [6, 6.07) is 13.3. The van der Waals surface area contributed by atoms with Crippen LogP contribution in [0.4, 0.5) is 16.3 Å². The number of nitrogens with zero attached hydrogens (tertiary/aromatic N) is 4. The van der Waals surface area contributed by atoms with Gasteiger partial charge in [0.25, 0.3) is 5.56 Å². The first kappa shape index (κ1) is 22.9. The summed E-state index contributed by atoms with van der Waals surface area (Å²) in [4.78, 5) is 34.4. The standard InChI is InChI=1S/C26H30N6O3/c1-16-7-5-10-21(27-16)28-18-8-6-9-19-23(18)24-29-22(33)15-20(32(24)30-19)17-11-13-31(14-12-17)25(34)35-26(2,3)4/h5-10,15,17H,11-14H2,1-4H3,(H,27,28)(H,29,33). The van der Waals surface area contributed by atoms with Crippen LogP contribution in [0.2, 0.25) is 0 Å². The largest absolute Gasteiger partial charge is 0.444 e. The number of nitrogens with one attached hydrogen (secondary N) is 2. The van der Waals surface area contributed by atoms with Crippen LogP contribution in [0.1, 0.15) is 50.9 Å². The van der Waals surface area contributed by atoms with Crippen LogP contribution < -0.4 is 10.9 Å². The zero-order chi connectivity index (χ0) is 24.7. The molecule has 4 heterocycles. The summed E-state index contributed by atoms with van der Waals surface area (Å²) < 4.78 is 7.36. The number of rotatable bonds is 3. The Hall–Kier alpha value is -3.88. The highest BCUT2D eigenvalue weighted by atomic mass is 16.6. The summed E-state index contributed by atoms with van der Waals surface area (Å²) in [6.07, 6.45) is 1.16. The van der Waals surface area contributed by atoms with Gasteiger partial charge in [0, 0.05) is 30.8 Å². The van der Waals surface area contributed by atoms with Crippen molar-refractivity contribution in [3.05, 3.63) is 64.2 Å². The first-order valence-electron chi connectivity index (χ1n) is 11.9. The molecule has 182 valence electrons. The Morgan fingerprint density at radius 3 is 2.60 bits per heavy atom. The first-order valence-corrected chi connectivity index (χ1v) is 11.9. The van der Waals surface area contributed by atoms with Gasteiger partial charge >= 0.3 is 6.09 Å². The van der Waals surface area contributed by atoms with E-state index in [1.807, 2.05) is 68.6 Å². The molecule has 35 heavy (non-hydrogen) atoms. The van der Waals surface area contributed by atoms with Crippen LogP contribution in [0.3, 0.4) is 0 Å². The van der Waals surface area contributed by atoms with Gasteiger partial charge in [-0.2, -0.15) is 5.10 Å². The maximum atomic E-state index is 12.7. The summed E-state index contributed by atoms with van der Waals surface area (Å²) in [6.45, 7) is 8.68. The molecule has 9 heteroatoms. The topological polar surface area (TPSA) is 105 Å². The highest BCUT2D eigenvalue weighted by Gasteiger charge is 2.29. The van der Waals surface area contributed by atoms with Gasteiger partial charge in [-0.25, -0.2) is 14.3 Å². The predicted molar refractivity (Wildman–Crippen MR) is 135 cm³/mol. The molecule has 9 nitrogen and oxygen atoms in total. The van der Waals surface area contributed by atoms with Crippen LogP contribution >= 0.6 is 0 Å². The lowest BCUT2D eigenvalue weighted by molar-refractivity contribution is 0.0203. The minimum atomic E-state index is -0.526. The lowest BCUT2D eigenvalue weighted by atomic mass is 9.93. The fourth-order valence-electron chi connectivity index (χ4n) is 4.62. The predicted octanol–water partition coefficient (Wildman–Crippen LogP) is 4.74. The third-order valence-electron chi connectivity index (χ3n) is 6.18. The summed E-state index contributed by atoms with van der Waals surface area (Å²) in [7, 11) is 0. The number of ether oxygens (including phenoxy) is 1. The van der Waals surface area contributed by atoms with Gasteiger partial charge in [0.05, 0.1) is 22.3 Å². The van der Waals surface area contributed by atoms with Crippen LogP contribution in [0, 0.1) is 6.92 Å². The SMILES string of the molecule is Cc1cccc(Nc2cccc3nn4c(C5CCN(C(=O)OC(C)(C)C)CC5)cc(=O)[nH]c4c23)n1. The molecule has 0 unspecified atom stereocenters. The molecule has 3 aromatic heterocycles. The second kappa shape index (κ2) is 8.72. The molecular formula is C26H30N6O3. The van der Waals surface area contributed by atoms with Crippen molar-refractivity contribution in [2.24, 2.45) is 0 Å². The smallest absolute Gasteiger partial charge is 0.410 e. The monoisotopic (exact) mass is 474 g/mol. The number of pyridine rings is 1. The normalized spacial score (nSPS) is 15.0. The van der Waals surface area contributed by atoms with E-state index in [4.69, 9.17) is 9.84 Å². The van der Waals surface area contributed by atoms with E-state index in [0.717, 1.165) is 46.6 Å². The molecule has 0 aliphatic carbocycles. The van der Waals surface area contributed by atoms with E-state index in [1.54, 1.807) is 11.0 Å². The molecular weight excluding hydrogens is 444 g/mol. The summed E-state index contributed by atoms with van der Waals surface area (Å²) in [5, 5.41) is 9.05. The first-order chi connectivity index (χ1) is 16.7. The molecule has 0 spiro atoms. The number of aryl methyl sites for hydroxylation is 1. The number of aromatic nitrogens is 4. The number of H-pyrrole nitrogens is 1. The van der Waals surface area contributed by atoms with Gasteiger partial charge in [-0.05, 0) is 64.8 Å². The van der Waals surface area contributed by atoms with Crippen molar-refractivity contribution in [1.82, 2.24) is 24.5 Å². The Bertz CT molecular complexity index is 1460. The van der Waals surface area contributed by atoms with Crippen LogP contribution in [0.25, 0.3) is 16.6 Å². The number of carbonyl (C=O) groups is 1. The molecule has 0 bridgehead atoms. The molecule has 1 amide bonds. The third-order valence-corrected chi connectivity index (χ3v) is 6.18. The van der Waals surface area contributed by atoms with Gasteiger partial charge in [0.15, 0.2) is 0 Å². The minimum absolute atomic E-state index is 0.0997. The number of anilines is 2. The number of hydrogen-bond donors (Lipinski definition) is 2. The zero-order valence-corrected chi connectivity index (χ0v) is 20.5. The number of hydrogen-bond acceptors (Lipinski definition) is 6. The van der Waals surface area contributed by atoms with E-state index < -0.39 is 5.60 Å². The van der Waals surface area contributed by atoms with E-state index in [2.05, 4.69) is 15.3 Å². The molecule has 2 N–H and O–H groups in total. The lowest BCUT2D eigenvalue weighted by Gasteiger charge is -2.33. The quantitative estimate of drug-likeness (QED) is 0.445. The number of fused-ring (bicyclic) bond motifs is 3. The summed E-state index contributed by atoms with van der Waals surface area (Å²) >= 11 is 0. The molecule has 1 aliphatic heterocycles. The van der Waals surface area contributed by atoms with Crippen molar-refractivity contribution < 1.29 is 9.53 Å². The molecule has 0 radical (unpaired) electrons. The molecule has 1 aromatic carbocycles. The van der Waals surface area contributed by atoms with Crippen LogP contribution in [0.5, 0.6) is 0 Å². The Morgan fingerprint density at radius 2 is 1.89 bits per heavy atom. The third kappa shape index (κ3) is 4.71. The second-order valence-corrected chi connectivity index (χ2v) is 10.0. The summed E-state index contributed by atoms with van der Waals surface area (Å²) in [5.74, 6) is 0.826. The van der Waals surface area contributed by atoms with Gasteiger partial charge in [-0.1, -0.05) is 12.1 Å². The number of aromatic amines is 1. The minimum Gasteiger partial charge on any atom is -0.444 e. The van der Waals surface area contributed by atoms with Gasteiger partial charge in [-0.3, -0.25) is 4.79 Å². The molecule has 5 rings (SSSR count). The molecule has 0 atom stereocenters. The fraction of sp³-hybridized carbons (Fsp3) is 0.385. The van der Waals surface area contributed by atoms with Crippen molar-refractivity contribution in [3.8, 4) is 0 Å². The van der Waals surface area contributed by atoms with Crippen molar-refractivity contribution in [1.29, 1.82) is 0 Å². The highest BCUT2D eigenvalue weighted by molar-refractivity contribution is 6.03. The number of likely N-dealkylation sites (tertiary alicyclic amines) is 1. The molecule has 1 saturated heterocycles.